The quantitative estimate of drug-likeness (QED) is 0.423. The number of hydrogen-bond donors (Lipinski definition) is 1. The van der Waals surface area contributed by atoms with Crippen molar-refractivity contribution in [3.8, 4) is 5.75 Å². The monoisotopic (exact) mass is 447 g/mol. The number of Topliss-reactive ketones (excluding diaryl/α,β-unsaturated/α-hetero) is 1. The topological polar surface area (TPSA) is 76.1 Å². The van der Waals surface area contributed by atoms with Crippen LogP contribution >= 0.6 is 0 Å². The second-order valence-corrected chi connectivity index (χ2v) is 9.14. The first-order valence-electron chi connectivity index (χ1n) is 11.7. The van der Waals surface area contributed by atoms with Crippen LogP contribution in [0.25, 0.3) is 5.76 Å². The molecule has 0 bridgehead atoms. The third kappa shape index (κ3) is 3.93. The lowest BCUT2D eigenvalue weighted by Gasteiger charge is -2.27. The second-order valence-electron chi connectivity index (χ2n) is 9.14. The van der Waals surface area contributed by atoms with Crippen molar-refractivity contribution >= 4 is 17.4 Å². The fourth-order valence-electron chi connectivity index (χ4n) is 5.08. The maximum absolute atomic E-state index is 13.2. The van der Waals surface area contributed by atoms with Crippen molar-refractivity contribution in [1.82, 2.24) is 4.90 Å². The van der Waals surface area contributed by atoms with E-state index in [4.69, 9.17) is 9.47 Å². The molecule has 3 heterocycles. The summed E-state index contributed by atoms with van der Waals surface area (Å²) in [7, 11) is 0. The van der Waals surface area contributed by atoms with E-state index in [1.54, 1.807) is 11.0 Å². The summed E-state index contributed by atoms with van der Waals surface area (Å²) in [5, 5.41) is 11.3. The van der Waals surface area contributed by atoms with Gasteiger partial charge in [0.2, 0.25) is 0 Å². The zero-order chi connectivity index (χ0) is 23.1. The number of aliphatic hydroxyl groups is 1. The molecule has 33 heavy (non-hydrogen) atoms. The Labute approximate surface area is 193 Å². The standard InChI is InChI=1S/C27H29NO5/c1-3-17-6-8-18(9-7-17)24-23(26(30)27(31)28(24)15-21-5-4-12-32-21)25(29)19-10-11-22-20(14-19)13-16(2)33-22/h6-11,14,16,21,24,29H,3-5,12-13,15H2,1-2H3/t16-,21-,24+/m0/s1. The van der Waals surface area contributed by atoms with E-state index in [0.29, 0.717) is 18.7 Å². The van der Waals surface area contributed by atoms with Gasteiger partial charge in [-0.3, -0.25) is 9.59 Å². The van der Waals surface area contributed by atoms with Crippen molar-refractivity contribution in [3.05, 3.63) is 70.3 Å². The Morgan fingerprint density at radius 1 is 1.15 bits per heavy atom. The molecule has 3 aliphatic heterocycles. The number of ketones is 1. The highest BCUT2D eigenvalue weighted by Crippen LogP contribution is 2.41. The van der Waals surface area contributed by atoms with Gasteiger partial charge in [0.05, 0.1) is 17.7 Å². The van der Waals surface area contributed by atoms with Crippen LogP contribution in [-0.4, -0.2) is 47.1 Å². The minimum Gasteiger partial charge on any atom is -0.507 e. The van der Waals surface area contributed by atoms with E-state index >= 15 is 0 Å². The number of carbonyl (C=O) groups excluding carboxylic acids is 2. The van der Waals surface area contributed by atoms with Gasteiger partial charge in [-0.25, -0.2) is 0 Å². The molecule has 2 fully saturated rings. The highest BCUT2D eigenvalue weighted by Gasteiger charge is 2.47. The lowest BCUT2D eigenvalue weighted by atomic mass is 9.93. The molecule has 0 spiro atoms. The summed E-state index contributed by atoms with van der Waals surface area (Å²) in [6, 6.07) is 12.7. The van der Waals surface area contributed by atoms with Crippen LogP contribution in [0.5, 0.6) is 5.75 Å². The van der Waals surface area contributed by atoms with Crippen LogP contribution in [0.3, 0.4) is 0 Å². The van der Waals surface area contributed by atoms with Crippen LogP contribution in [0.1, 0.15) is 55.0 Å². The maximum Gasteiger partial charge on any atom is 0.295 e. The minimum atomic E-state index is -0.653. The molecule has 6 nitrogen and oxygen atoms in total. The van der Waals surface area contributed by atoms with Crippen LogP contribution in [0.4, 0.5) is 0 Å². The molecule has 0 unspecified atom stereocenters. The van der Waals surface area contributed by atoms with Gasteiger partial charge in [-0.05, 0) is 61.1 Å². The highest BCUT2D eigenvalue weighted by molar-refractivity contribution is 6.46. The number of aliphatic hydroxyl groups excluding tert-OH is 1. The van der Waals surface area contributed by atoms with Gasteiger partial charge in [-0.1, -0.05) is 31.2 Å². The Morgan fingerprint density at radius 3 is 2.64 bits per heavy atom. The van der Waals surface area contributed by atoms with Crippen LogP contribution in [0, 0.1) is 0 Å². The Bertz CT molecular complexity index is 1110. The molecule has 6 heteroatoms. The second kappa shape index (κ2) is 8.67. The largest absolute Gasteiger partial charge is 0.507 e. The Hall–Kier alpha value is -3.12. The molecular weight excluding hydrogens is 418 g/mol. The minimum absolute atomic E-state index is 0.0754. The van der Waals surface area contributed by atoms with Gasteiger partial charge in [-0.15, -0.1) is 0 Å². The van der Waals surface area contributed by atoms with Gasteiger partial charge in [-0.2, -0.15) is 0 Å². The number of nitrogens with zero attached hydrogens (tertiary/aromatic N) is 1. The molecule has 1 N–H and O–H groups in total. The van der Waals surface area contributed by atoms with Crippen LogP contribution < -0.4 is 4.74 Å². The van der Waals surface area contributed by atoms with Gasteiger partial charge in [0.25, 0.3) is 11.7 Å². The van der Waals surface area contributed by atoms with Gasteiger partial charge < -0.3 is 19.5 Å². The van der Waals surface area contributed by atoms with Crippen LogP contribution in [0.2, 0.25) is 0 Å². The zero-order valence-corrected chi connectivity index (χ0v) is 19.0. The van der Waals surface area contributed by atoms with E-state index in [1.807, 2.05) is 43.3 Å². The number of aryl methyl sites for hydroxylation is 1. The number of rotatable bonds is 5. The maximum atomic E-state index is 13.2. The lowest BCUT2D eigenvalue weighted by Crippen LogP contribution is -2.36. The number of benzene rings is 2. The Morgan fingerprint density at radius 2 is 1.94 bits per heavy atom. The lowest BCUT2D eigenvalue weighted by molar-refractivity contribution is -0.140. The van der Waals surface area contributed by atoms with Crippen molar-refractivity contribution in [3.63, 3.8) is 0 Å². The van der Waals surface area contributed by atoms with E-state index in [1.165, 1.54) is 5.56 Å². The fourth-order valence-corrected chi connectivity index (χ4v) is 5.08. The molecule has 3 atom stereocenters. The first kappa shape index (κ1) is 21.7. The third-order valence-electron chi connectivity index (χ3n) is 6.84. The Balaban J connectivity index is 1.59. The van der Waals surface area contributed by atoms with Crippen LogP contribution in [-0.2, 0) is 27.2 Å². The number of ether oxygens (including phenoxy) is 2. The average Bonchev–Trinajstić information content (AvgIpc) is 3.53. The van der Waals surface area contributed by atoms with Gasteiger partial charge in [0, 0.05) is 25.1 Å². The zero-order valence-electron chi connectivity index (χ0n) is 19.0. The number of carbonyl (C=O) groups is 2. The molecule has 172 valence electrons. The molecule has 0 aromatic heterocycles. The van der Waals surface area contributed by atoms with E-state index < -0.39 is 17.7 Å². The summed E-state index contributed by atoms with van der Waals surface area (Å²) in [5.74, 6) is -0.588. The molecule has 2 saturated heterocycles. The summed E-state index contributed by atoms with van der Waals surface area (Å²) in [6.45, 7) is 5.07. The summed E-state index contributed by atoms with van der Waals surface area (Å²) in [5.41, 5.74) is 3.63. The summed E-state index contributed by atoms with van der Waals surface area (Å²) in [6.07, 6.45) is 3.41. The fraction of sp³-hybridized carbons (Fsp3) is 0.407. The van der Waals surface area contributed by atoms with E-state index in [9.17, 15) is 14.7 Å². The molecular formula is C27H29NO5. The van der Waals surface area contributed by atoms with Gasteiger partial charge in [0.15, 0.2) is 0 Å². The van der Waals surface area contributed by atoms with Crippen molar-refractivity contribution in [2.45, 2.75) is 57.8 Å². The van der Waals surface area contributed by atoms with Crippen molar-refractivity contribution < 1.29 is 24.2 Å². The van der Waals surface area contributed by atoms with E-state index in [-0.39, 0.29) is 23.5 Å². The van der Waals surface area contributed by atoms with Crippen molar-refractivity contribution in [2.75, 3.05) is 13.2 Å². The SMILES string of the molecule is CCc1ccc([C@@H]2C(=C(O)c3ccc4c(c3)C[C@H](C)O4)C(=O)C(=O)N2C[C@@H]2CCCO2)cc1. The summed E-state index contributed by atoms with van der Waals surface area (Å²) in [4.78, 5) is 27.9. The molecule has 5 rings (SSSR count). The number of amides is 1. The number of hydrogen-bond acceptors (Lipinski definition) is 5. The molecule has 2 aromatic carbocycles. The Kier molecular flexibility index (Phi) is 5.71. The first-order valence-corrected chi connectivity index (χ1v) is 11.7. The molecule has 3 aliphatic rings. The van der Waals surface area contributed by atoms with Crippen molar-refractivity contribution in [1.29, 1.82) is 0 Å². The summed E-state index contributed by atoms with van der Waals surface area (Å²) >= 11 is 0. The predicted molar refractivity (Wildman–Crippen MR) is 124 cm³/mol. The first-order chi connectivity index (χ1) is 16.0. The average molecular weight is 448 g/mol. The van der Waals surface area contributed by atoms with Gasteiger partial charge in [0.1, 0.15) is 17.6 Å². The molecule has 0 saturated carbocycles. The molecule has 0 radical (unpaired) electrons. The predicted octanol–water partition coefficient (Wildman–Crippen LogP) is 4.17. The molecule has 0 aliphatic carbocycles. The molecule has 2 aromatic rings. The smallest absolute Gasteiger partial charge is 0.295 e. The number of fused-ring (bicyclic) bond motifs is 1. The molecule has 1 amide bonds. The van der Waals surface area contributed by atoms with Crippen LogP contribution in [0.15, 0.2) is 48.0 Å². The van der Waals surface area contributed by atoms with Crippen molar-refractivity contribution in [2.24, 2.45) is 0 Å². The van der Waals surface area contributed by atoms with Gasteiger partial charge >= 0.3 is 0 Å². The van der Waals surface area contributed by atoms with E-state index in [0.717, 1.165) is 42.6 Å². The number of likely N-dealkylation sites (tertiary alicyclic amines) is 1. The normalized spacial score (nSPS) is 26.0. The van der Waals surface area contributed by atoms with E-state index in [2.05, 4.69) is 6.92 Å². The third-order valence-corrected chi connectivity index (χ3v) is 6.84. The highest BCUT2D eigenvalue weighted by atomic mass is 16.5. The summed E-state index contributed by atoms with van der Waals surface area (Å²) < 4.78 is 11.5.